The van der Waals surface area contributed by atoms with Crippen molar-refractivity contribution in [3.8, 4) is 22.9 Å². The van der Waals surface area contributed by atoms with Crippen LogP contribution in [-0.2, 0) is 30.8 Å². The molecule has 3 aromatic rings. The van der Waals surface area contributed by atoms with Crippen molar-refractivity contribution in [3.05, 3.63) is 83.4 Å². The van der Waals surface area contributed by atoms with Crippen molar-refractivity contribution in [2.24, 2.45) is 0 Å². The van der Waals surface area contributed by atoms with Crippen LogP contribution in [0.5, 0.6) is 5.75 Å². The lowest BCUT2D eigenvalue weighted by Gasteiger charge is -2.23. The van der Waals surface area contributed by atoms with Gasteiger partial charge in [0.05, 0.1) is 23.6 Å². The molecule has 0 aliphatic heterocycles. The third-order valence-corrected chi connectivity index (χ3v) is 7.38. The van der Waals surface area contributed by atoms with E-state index in [0.29, 0.717) is 29.7 Å². The standard InChI is InChI=1S/C27H26F2N2O6S/c1-35-11-3-10-31(38(33,34)24-7-5-22(28)6-8-24)17-19-4-9-26(37-18-27(32)36-2)25(14-19)21-12-20(16-30)13-23(29)15-21/h4-9,12-15H,3,10-11,17-18H2,1-2H3. The van der Waals surface area contributed by atoms with Gasteiger partial charge in [-0.15, -0.1) is 0 Å². The second kappa shape index (κ2) is 13.1. The molecule has 0 fully saturated rings. The van der Waals surface area contributed by atoms with Gasteiger partial charge in [0.15, 0.2) is 6.61 Å². The number of hydrogen-bond donors (Lipinski definition) is 0. The van der Waals surface area contributed by atoms with Crippen molar-refractivity contribution < 1.29 is 36.2 Å². The van der Waals surface area contributed by atoms with E-state index in [9.17, 15) is 27.3 Å². The van der Waals surface area contributed by atoms with Gasteiger partial charge in [0, 0.05) is 32.4 Å². The first-order valence-corrected chi connectivity index (χ1v) is 12.9. The van der Waals surface area contributed by atoms with Gasteiger partial charge < -0.3 is 14.2 Å². The minimum atomic E-state index is -4.01. The second-order valence-corrected chi connectivity index (χ2v) is 10.1. The largest absolute Gasteiger partial charge is 0.481 e. The van der Waals surface area contributed by atoms with Gasteiger partial charge in [-0.3, -0.25) is 0 Å². The summed E-state index contributed by atoms with van der Waals surface area (Å²) in [6.07, 6.45) is 0.402. The molecule has 0 bridgehead atoms. The van der Waals surface area contributed by atoms with Crippen molar-refractivity contribution in [1.82, 2.24) is 4.31 Å². The van der Waals surface area contributed by atoms with E-state index in [4.69, 9.17) is 9.47 Å². The van der Waals surface area contributed by atoms with Crippen molar-refractivity contribution >= 4 is 16.0 Å². The van der Waals surface area contributed by atoms with Crippen LogP contribution in [-0.4, -0.2) is 52.7 Å². The van der Waals surface area contributed by atoms with E-state index in [0.717, 1.165) is 18.2 Å². The minimum Gasteiger partial charge on any atom is -0.481 e. The van der Waals surface area contributed by atoms with Crippen LogP contribution in [0.4, 0.5) is 8.78 Å². The zero-order valence-corrected chi connectivity index (χ0v) is 21.6. The zero-order chi connectivity index (χ0) is 27.7. The number of ether oxygens (including phenoxy) is 3. The van der Waals surface area contributed by atoms with Crippen LogP contribution < -0.4 is 4.74 Å². The molecule has 0 radical (unpaired) electrons. The summed E-state index contributed by atoms with van der Waals surface area (Å²) in [6.45, 7) is -0.0528. The molecular formula is C27H26F2N2O6S. The van der Waals surface area contributed by atoms with Crippen molar-refractivity contribution in [2.75, 3.05) is 34.0 Å². The van der Waals surface area contributed by atoms with E-state index in [2.05, 4.69) is 4.74 Å². The number of nitriles is 1. The highest BCUT2D eigenvalue weighted by Gasteiger charge is 2.25. The number of halogens is 2. The number of carbonyl (C=O) groups excluding carboxylic acids is 1. The number of methoxy groups -OCH3 is 2. The molecule has 0 saturated carbocycles. The molecule has 8 nitrogen and oxygen atoms in total. The first-order chi connectivity index (χ1) is 18.2. The Labute approximate surface area is 220 Å². The Kier molecular flexibility index (Phi) is 9.90. The third-order valence-electron chi connectivity index (χ3n) is 5.52. The van der Waals surface area contributed by atoms with Crippen LogP contribution in [0.15, 0.2) is 65.6 Å². The smallest absolute Gasteiger partial charge is 0.343 e. The Morgan fingerprint density at radius 1 is 1.00 bits per heavy atom. The molecule has 0 heterocycles. The van der Waals surface area contributed by atoms with Crippen LogP contribution in [0.3, 0.4) is 0 Å². The van der Waals surface area contributed by atoms with E-state index < -0.39 is 34.2 Å². The second-order valence-electron chi connectivity index (χ2n) is 8.17. The Morgan fingerprint density at radius 2 is 1.74 bits per heavy atom. The van der Waals surface area contributed by atoms with Crippen LogP contribution in [0.1, 0.15) is 17.5 Å². The molecule has 0 N–H and O–H groups in total. The average Bonchev–Trinajstić information content (AvgIpc) is 2.91. The Morgan fingerprint density at radius 3 is 2.39 bits per heavy atom. The van der Waals surface area contributed by atoms with Gasteiger partial charge in [-0.05, 0) is 72.1 Å². The normalized spacial score (nSPS) is 11.3. The van der Waals surface area contributed by atoms with Gasteiger partial charge in [0.2, 0.25) is 10.0 Å². The number of hydrogen-bond acceptors (Lipinski definition) is 7. The summed E-state index contributed by atoms with van der Waals surface area (Å²) in [4.78, 5) is 11.6. The summed E-state index contributed by atoms with van der Waals surface area (Å²) < 4.78 is 71.0. The lowest BCUT2D eigenvalue weighted by atomic mass is 9.99. The molecule has 3 rings (SSSR count). The van der Waals surface area contributed by atoms with Crippen LogP contribution >= 0.6 is 0 Å². The highest BCUT2D eigenvalue weighted by atomic mass is 32.2. The number of sulfonamides is 1. The fourth-order valence-electron chi connectivity index (χ4n) is 3.66. The summed E-state index contributed by atoms with van der Waals surface area (Å²) in [6, 6.07) is 14.9. The number of rotatable bonds is 12. The molecule has 0 saturated heterocycles. The zero-order valence-electron chi connectivity index (χ0n) is 20.8. The van der Waals surface area contributed by atoms with E-state index in [-0.39, 0.29) is 29.3 Å². The molecule has 0 aliphatic rings. The topological polar surface area (TPSA) is 106 Å². The predicted octanol–water partition coefficient (Wildman–Crippen LogP) is 4.28. The third kappa shape index (κ3) is 7.35. The fourth-order valence-corrected chi connectivity index (χ4v) is 5.13. The Balaban J connectivity index is 2.04. The molecule has 0 amide bonds. The van der Waals surface area contributed by atoms with Gasteiger partial charge in [-0.1, -0.05) is 6.07 Å². The molecule has 0 atom stereocenters. The van der Waals surface area contributed by atoms with E-state index in [1.54, 1.807) is 12.1 Å². The molecular weight excluding hydrogens is 518 g/mol. The van der Waals surface area contributed by atoms with Crippen molar-refractivity contribution in [2.45, 2.75) is 17.9 Å². The SMILES string of the molecule is COCCCN(Cc1ccc(OCC(=O)OC)c(-c2cc(F)cc(C#N)c2)c1)S(=O)(=O)c1ccc(F)cc1. The maximum Gasteiger partial charge on any atom is 0.343 e. The molecule has 0 aliphatic carbocycles. The lowest BCUT2D eigenvalue weighted by molar-refractivity contribution is -0.142. The molecule has 0 aromatic heterocycles. The van der Waals surface area contributed by atoms with E-state index in [1.807, 2.05) is 6.07 Å². The summed E-state index contributed by atoms with van der Waals surface area (Å²) in [7, 11) is -1.29. The first-order valence-electron chi connectivity index (χ1n) is 11.5. The average molecular weight is 545 g/mol. The van der Waals surface area contributed by atoms with Gasteiger partial charge in [0.1, 0.15) is 17.4 Å². The molecule has 11 heteroatoms. The molecule has 200 valence electrons. The lowest BCUT2D eigenvalue weighted by Crippen LogP contribution is -2.32. The van der Waals surface area contributed by atoms with Gasteiger partial charge in [0.25, 0.3) is 0 Å². The summed E-state index contributed by atoms with van der Waals surface area (Å²) in [5.74, 6) is -1.63. The summed E-state index contributed by atoms with van der Waals surface area (Å²) in [5, 5.41) is 9.29. The predicted molar refractivity (Wildman–Crippen MR) is 135 cm³/mol. The number of carbonyl (C=O) groups is 1. The van der Waals surface area contributed by atoms with E-state index in [1.165, 1.54) is 48.9 Å². The van der Waals surface area contributed by atoms with Crippen LogP contribution in [0.2, 0.25) is 0 Å². The summed E-state index contributed by atoms with van der Waals surface area (Å²) in [5.41, 5.74) is 1.25. The number of benzene rings is 3. The van der Waals surface area contributed by atoms with Crippen molar-refractivity contribution in [1.29, 1.82) is 5.26 Å². The monoisotopic (exact) mass is 544 g/mol. The molecule has 0 unspecified atom stereocenters. The number of nitrogens with zero attached hydrogens (tertiary/aromatic N) is 2. The molecule has 0 spiro atoms. The fraction of sp³-hybridized carbons (Fsp3) is 0.259. The van der Waals surface area contributed by atoms with Gasteiger partial charge in [-0.2, -0.15) is 9.57 Å². The maximum atomic E-state index is 14.3. The minimum absolute atomic E-state index is 0.0710. The first kappa shape index (κ1) is 28.7. The maximum absolute atomic E-state index is 14.3. The highest BCUT2D eigenvalue weighted by molar-refractivity contribution is 7.89. The highest BCUT2D eigenvalue weighted by Crippen LogP contribution is 2.33. The van der Waals surface area contributed by atoms with Gasteiger partial charge in [-0.25, -0.2) is 22.0 Å². The quantitative estimate of drug-likeness (QED) is 0.248. The molecule has 3 aromatic carbocycles. The Hall–Kier alpha value is -3.85. The Bertz CT molecular complexity index is 1420. The summed E-state index contributed by atoms with van der Waals surface area (Å²) >= 11 is 0. The van der Waals surface area contributed by atoms with Gasteiger partial charge >= 0.3 is 5.97 Å². The van der Waals surface area contributed by atoms with Crippen LogP contribution in [0.25, 0.3) is 11.1 Å². The van der Waals surface area contributed by atoms with Crippen LogP contribution in [0, 0.1) is 23.0 Å². The molecule has 38 heavy (non-hydrogen) atoms. The number of esters is 1. The van der Waals surface area contributed by atoms with E-state index >= 15 is 0 Å². The van der Waals surface area contributed by atoms with Crippen molar-refractivity contribution in [3.63, 3.8) is 0 Å².